The van der Waals surface area contributed by atoms with Gasteiger partial charge in [0.15, 0.2) is 5.96 Å². The van der Waals surface area contributed by atoms with Gasteiger partial charge < -0.3 is 20.1 Å². The van der Waals surface area contributed by atoms with Crippen molar-refractivity contribution in [1.82, 2.24) is 15.5 Å². The summed E-state index contributed by atoms with van der Waals surface area (Å²) in [5, 5.41) is 6.75. The van der Waals surface area contributed by atoms with Crippen molar-refractivity contribution >= 4 is 29.9 Å². The molecule has 2 aromatic carbocycles. The number of nitrogens with one attached hydrogen (secondary N) is 2. The van der Waals surface area contributed by atoms with Gasteiger partial charge in [0.2, 0.25) is 0 Å². The van der Waals surface area contributed by atoms with Crippen LogP contribution in [0.2, 0.25) is 0 Å². The molecule has 0 radical (unpaired) electrons. The molecule has 1 aliphatic rings. The van der Waals surface area contributed by atoms with Crippen LogP contribution in [-0.2, 0) is 11.3 Å². The van der Waals surface area contributed by atoms with Crippen molar-refractivity contribution in [2.75, 3.05) is 47.0 Å². The molecule has 1 heterocycles. The van der Waals surface area contributed by atoms with Gasteiger partial charge in [-0.3, -0.25) is 9.89 Å². The van der Waals surface area contributed by atoms with E-state index in [2.05, 4.69) is 32.7 Å². The zero-order chi connectivity index (χ0) is 21.3. The zero-order valence-corrected chi connectivity index (χ0v) is 20.7. The van der Waals surface area contributed by atoms with Gasteiger partial charge in [-0.25, -0.2) is 4.39 Å². The van der Waals surface area contributed by atoms with Gasteiger partial charge in [0, 0.05) is 33.2 Å². The summed E-state index contributed by atoms with van der Waals surface area (Å²) >= 11 is 0. The second-order valence-corrected chi connectivity index (χ2v) is 7.33. The monoisotopic (exact) mass is 542 g/mol. The first kappa shape index (κ1) is 25.4. The molecule has 2 aromatic rings. The number of hydrogen-bond donors (Lipinski definition) is 2. The van der Waals surface area contributed by atoms with Crippen LogP contribution in [0.5, 0.6) is 5.75 Å². The van der Waals surface area contributed by atoms with E-state index in [4.69, 9.17) is 9.47 Å². The van der Waals surface area contributed by atoms with Gasteiger partial charge in [-0.2, -0.15) is 0 Å². The van der Waals surface area contributed by atoms with Crippen LogP contribution in [0.3, 0.4) is 0 Å². The van der Waals surface area contributed by atoms with Crippen LogP contribution in [0.15, 0.2) is 47.5 Å². The molecule has 0 aromatic heterocycles. The normalized spacial score (nSPS) is 15.7. The first-order valence-electron chi connectivity index (χ1n) is 10.3. The molecule has 1 aliphatic heterocycles. The van der Waals surface area contributed by atoms with E-state index in [0.717, 1.165) is 37.6 Å². The number of guanidine groups is 1. The van der Waals surface area contributed by atoms with Crippen molar-refractivity contribution in [2.24, 2.45) is 4.99 Å². The van der Waals surface area contributed by atoms with E-state index in [1.54, 1.807) is 27.1 Å². The lowest BCUT2D eigenvalue weighted by molar-refractivity contribution is 0.0170. The lowest BCUT2D eigenvalue weighted by atomic mass is 10.0. The predicted molar refractivity (Wildman–Crippen MR) is 133 cm³/mol. The SMILES string of the molecule is CN=C(NCc1ccc(F)c(C)c1)NCC(c1ccc(OC)cc1)N1CCOCC1.I. The Kier molecular flexibility index (Phi) is 10.5. The van der Waals surface area contributed by atoms with Gasteiger partial charge >= 0.3 is 0 Å². The number of aliphatic imine (C=N–C) groups is 1. The summed E-state index contributed by atoms with van der Waals surface area (Å²) in [5.41, 5.74) is 2.87. The van der Waals surface area contributed by atoms with Crippen molar-refractivity contribution in [1.29, 1.82) is 0 Å². The Morgan fingerprint density at radius 1 is 1.16 bits per heavy atom. The number of morpholine rings is 1. The maximum Gasteiger partial charge on any atom is 0.191 e. The van der Waals surface area contributed by atoms with Crippen LogP contribution in [0, 0.1) is 12.7 Å². The number of nitrogens with zero attached hydrogens (tertiary/aromatic N) is 2. The third-order valence-electron chi connectivity index (χ3n) is 5.36. The fourth-order valence-electron chi connectivity index (χ4n) is 3.59. The molecule has 2 N–H and O–H groups in total. The van der Waals surface area contributed by atoms with Crippen molar-refractivity contribution < 1.29 is 13.9 Å². The number of halogens is 2. The fraction of sp³-hybridized carbons (Fsp3) is 0.435. The molecule has 170 valence electrons. The third kappa shape index (κ3) is 7.33. The van der Waals surface area contributed by atoms with Crippen LogP contribution in [0.1, 0.15) is 22.7 Å². The molecular weight excluding hydrogens is 510 g/mol. The number of methoxy groups -OCH3 is 1. The predicted octanol–water partition coefficient (Wildman–Crippen LogP) is 3.50. The van der Waals surface area contributed by atoms with Crippen LogP contribution in [0.4, 0.5) is 4.39 Å². The Morgan fingerprint density at radius 2 is 1.87 bits per heavy atom. The van der Waals surface area contributed by atoms with Crippen LogP contribution in [0.25, 0.3) is 0 Å². The lowest BCUT2D eigenvalue weighted by Gasteiger charge is -2.35. The molecule has 0 bridgehead atoms. The maximum absolute atomic E-state index is 13.5. The first-order valence-corrected chi connectivity index (χ1v) is 10.3. The molecule has 3 rings (SSSR count). The smallest absolute Gasteiger partial charge is 0.191 e. The highest BCUT2D eigenvalue weighted by Crippen LogP contribution is 2.23. The Hall–Kier alpha value is -1.91. The molecule has 1 atom stereocenters. The summed E-state index contributed by atoms with van der Waals surface area (Å²) in [6.45, 7) is 6.30. The van der Waals surface area contributed by atoms with Gasteiger partial charge in [-0.1, -0.05) is 24.3 Å². The van der Waals surface area contributed by atoms with Gasteiger partial charge in [0.05, 0.1) is 26.4 Å². The summed E-state index contributed by atoms with van der Waals surface area (Å²) in [7, 11) is 3.43. The van der Waals surface area contributed by atoms with Crippen molar-refractivity contribution in [2.45, 2.75) is 19.5 Å². The summed E-state index contributed by atoms with van der Waals surface area (Å²) in [6.07, 6.45) is 0. The minimum absolute atomic E-state index is 0. The Labute approximate surface area is 201 Å². The molecule has 6 nitrogen and oxygen atoms in total. The Morgan fingerprint density at radius 3 is 2.48 bits per heavy atom. The number of ether oxygens (including phenoxy) is 2. The lowest BCUT2D eigenvalue weighted by Crippen LogP contribution is -2.46. The topological polar surface area (TPSA) is 58.1 Å². The van der Waals surface area contributed by atoms with Crippen LogP contribution >= 0.6 is 24.0 Å². The van der Waals surface area contributed by atoms with Crippen molar-refractivity contribution in [3.05, 3.63) is 65.0 Å². The second-order valence-electron chi connectivity index (χ2n) is 7.33. The van der Waals surface area contributed by atoms with E-state index in [1.807, 2.05) is 18.2 Å². The average Bonchev–Trinajstić information content (AvgIpc) is 2.79. The van der Waals surface area contributed by atoms with Crippen molar-refractivity contribution in [3.63, 3.8) is 0 Å². The zero-order valence-electron chi connectivity index (χ0n) is 18.4. The third-order valence-corrected chi connectivity index (χ3v) is 5.36. The number of rotatable bonds is 7. The number of benzene rings is 2. The highest BCUT2D eigenvalue weighted by Gasteiger charge is 2.23. The first-order chi connectivity index (χ1) is 14.6. The second kappa shape index (κ2) is 12.8. The summed E-state index contributed by atoms with van der Waals surface area (Å²) in [6, 6.07) is 13.5. The summed E-state index contributed by atoms with van der Waals surface area (Å²) in [4.78, 5) is 6.76. The highest BCUT2D eigenvalue weighted by molar-refractivity contribution is 14.0. The molecule has 8 heteroatoms. The van der Waals surface area contributed by atoms with E-state index < -0.39 is 0 Å². The molecule has 0 spiro atoms. The molecule has 0 amide bonds. The minimum Gasteiger partial charge on any atom is -0.497 e. The van der Waals surface area contributed by atoms with Gasteiger partial charge in [-0.15, -0.1) is 24.0 Å². The average molecular weight is 542 g/mol. The fourth-order valence-corrected chi connectivity index (χ4v) is 3.59. The summed E-state index contributed by atoms with van der Waals surface area (Å²) < 4.78 is 24.3. The van der Waals surface area contributed by atoms with E-state index >= 15 is 0 Å². The molecule has 0 aliphatic carbocycles. The van der Waals surface area contributed by atoms with Gasteiger partial charge in [-0.05, 0) is 41.8 Å². The Bertz CT molecular complexity index is 842. The minimum atomic E-state index is -0.186. The standard InChI is InChI=1S/C23H31FN4O2.HI/c1-17-14-18(4-9-21(17)24)15-26-23(25-2)27-16-22(28-10-12-30-13-11-28)19-5-7-20(29-3)8-6-19;/h4-9,14,22H,10-13,15-16H2,1-3H3,(H2,25,26,27);1H. The quantitative estimate of drug-likeness (QED) is 0.319. The van der Waals surface area contributed by atoms with Crippen molar-refractivity contribution in [3.8, 4) is 5.75 Å². The van der Waals surface area contributed by atoms with Gasteiger partial charge in [0.1, 0.15) is 11.6 Å². The van der Waals surface area contributed by atoms with Crippen LogP contribution < -0.4 is 15.4 Å². The number of hydrogen-bond acceptors (Lipinski definition) is 4. The number of aryl methyl sites for hydroxylation is 1. The maximum atomic E-state index is 13.5. The van der Waals surface area contributed by atoms with E-state index in [9.17, 15) is 4.39 Å². The van der Waals surface area contributed by atoms with E-state index in [0.29, 0.717) is 24.6 Å². The van der Waals surface area contributed by atoms with E-state index in [1.165, 1.54) is 11.6 Å². The molecule has 1 unspecified atom stereocenters. The summed E-state index contributed by atoms with van der Waals surface area (Å²) in [5.74, 6) is 1.37. The molecular formula is C23H32FIN4O2. The molecule has 31 heavy (non-hydrogen) atoms. The largest absolute Gasteiger partial charge is 0.497 e. The van der Waals surface area contributed by atoms with Gasteiger partial charge in [0.25, 0.3) is 0 Å². The highest BCUT2D eigenvalue weighted by atomic mass is 127. The molecule has 0 saturated carbocycles. The molecule has 1 saturated heterocycles. The molecule has 1 fully saturated rings. The van der Waals surface area contributed by atoms with Crippen LogP contribution in [-0.4, -0.2) is 57.9 Å². The Balaban J connectivity index is 0.00000341. The van der Waals surface area contributed by atoms with E-state index in [-0.39, 0.29) is 35.8 Å².